The molecule has 14 heteroatoms. The number of carbonyl (C=O) groups excluding carboxylic acids is 2. The van der Waals surface area contributed by atoms with Crippen molar-refractivity contribution in [3.8, 4) is 17.0 Å². The fourth-order valence-electron chi connectivity index (χ4n) is 4.13. The van der Waals surface area contributed by atoms with E-state index in [9.17, 15) is 14.0 Å². The normalized spacial score (nSPS) is 15.2. The van der Waals surface area contributed by atoms with E-state index in [0.717, 1.165) is 6.20 Å². The summed E-state index contributed by atoms with van der Waals surface area (Å²) in [5.74, 6) is -0.266. The maximum atomic E-state index is 14.1. The van der Waals surface area contributed by atoms with E-state index in [1.807, 2.05) is 0 Å². The van der Waals surface area contributed by atoms with Gasteiger partial charge in [-0.25, -0.2) is 19.2 Å². The van der Waals surface area contributed by atoms with Gasteiger partial charge in [-0.3, -0.25) is 4.79 Å². The molecule has 5 rings (SSSR count). The van der Waals surface area contributed by atoms with Crippen LogP contribution in [0.15, 0.2) is 36.7 Å². The first kappa shape index (κ1) is 26.0. The van der Waals surface area contributed by atoms with Crippen LogP contribution >= 0.6 is 11.6 Å². The third kappa shape index (κ3) is 5.21. The standard InChI is InChI=1S/C25H25ClFN9O3/c1-3-29-25(38)34-18-5-4-13(7-17(18)26)19-20(28)36-22-16(11-33-36)23(37)31-8-12(2)39-24-14(6-15(27)10-32-24)9-30-21(19)35-22/h4-7,10-12H,3,8-9,28H2,1-2H3,(H,30,35)(H,31,37)(H2,29,34,38)/t12-/m0/s1. The lowest BCUT2D eigenvalue weighted by atomic mass is 10.1. The molecule has 0 saturated heterocycles. The highest BCUT2D eigenvalue weighted by Gasteiger charge is 2.24. The second-order valence-corrected chi connectivity index (χ2v) is 9.21. The molecule has 202 valence electrons. The molecule has 2 bridgehead atoms. The molecule has 0 fully saturated rings. The fraction of sp³-hybridized carbons (Fsp3) is 0.240. The molecule has 1 atom stereocenters. The maximum absolute atomic E-state index is 14.1. The van der Waals surface area contributed by atoms with Gasteiger partial charge in [-0.05, 0) is 37.6 Å². The van der Waals surface area contributed by atoms with Gasteiger partial charge < -0.3 is 31.7 Å². The van der Waals surface area contributed by atoms with E-state index in [-0.39, 0.29) is 46.8 Å². The predicted octanol–water partition coefficient (Wildman–Crippen LogP) is 3.43. The van der Waals surface area contributed by atoms with Crippen LogP contribution in [0.2, 0.25) is 5.02 Å². The van der Waals surface area contributed by atoms with Crippen molar-refractivity contribution in [2.24, 2.45) is 0 Å². The lowest BCUT2D eigenvalue weighted by Crippen LogP contribution is -2.33. The SMILES string of the molecule is CCNC(=O)Nc1ccc(-c2c3nc4c(cnn4c2N)C(=O)NC[C@H](C)Oc2ncc(F)cc2CN3)cc1Cl. The number of halogens is 2. The first-order chi connectivity index (χ1) is 18.7. The predicted molar refractivity (Wildman–Crippen MR) is 144 cm³/mol. The molecule has 0 saturated carbocycles. The monoisotopic (exact) mass is 553 g/mol. The number of nitrogens with zero attached hydrogens (tertiary/aromatic N) is 4. The molecule has 0 spiro atoms. The van der Waals surface area contributed by atoms with Crippen molar-refractivity contribution in [2.75, 3.05) is 29.5 Å². The smallest absolute Gasteiger partial charge is 0.319 e. The Morgan fingerprint density at radius 2 is 2.13 bits per heavy atom. The van der Waals surface area contributed by atoms with Gasteiger partial charge in [0.1, 0.15) is 29.1 Å². The highest BCUT2D eigenvalue weighted by molar-refractivity contribution is 6.34. The Kier molecular flexibility index (Phi) is 7.07. The maximum Gasteiger partial charge on any atom is 0.319 e. The van der Waals surface area contributed by atoms with Crippen molar-refractivity contribution in [3.63, 3.8) is 0 Å². The summed E-state index contributed by atoms with van der Waals surface area (Å²) in [6, 6.07) is 5.88. The molecule has 1 aliphatic heterocycles. The van der Waals surface area contributed by atoms with Crippen LogP contribution in [0.4, 0.5) is 26.5 Å². The largest absolute Gasteiger partial charge is 0.473 e. The number of rotatable bonds is 3. The zero-order valence-corrected chi connectivity index (χ0v) is 21.8. The molecule has 0 aliphatic carbocycles. The van der Waals surface area contributed by atoms with Gasteiger partial charge in [-0.1, -0.05) is 17.7 Å². The number of pyridine rings is 1. The van der Waals surface area contributed by atoms with E-state index in [4.69, 9.17) is 22.1 Å². The summed E-state index contributed by atoms with van der Waals surface area (Å²) >= 11 is 6.50. The van der Waals surface area contributed by atoms with Gasteiger partial charge in [-0.2, -0.15) is 9.61 Å². The summed E-state index contributed by atoms with van der Waals surface area (Å²) in [6.45, 7) is 4.26. The average Bonchev–Trinajstić information content (AvgIpc) is 3.33. The Bertz CT molecular complexity index is 1590. The van der Waals surface area contributed by atoms with Crippen molar-refractivity contribution in [2.45, 2.75) is 26.5 Å². The van der Waals surface area contributed by atoms with E-state index in [2.05, 4.69) is 36.3 Å². The topological polar surface area (TPSA) is 161 Å². The van der Waals surface area contributed by atoms with Crippen LogP contribution < -0.4 is 31.7 Å². The quantitative estimate of drug-likeness (QED) is 0.258. The third-order valence-corrected chi connectivity index (χ3v) is 6.28. The van der Waals surface area contributed by atoms with Crippen LogP contribution in [0.3, 0.4) is 0 Å². The molecule has 3 aromatic heterocycles. The minimum atomic E-state index is -0.535. The number of ether oxygens (including phenoxy) is 1. The number of hydrogen-bond acceptors (Lipinski definition) is 8. The molecule has 3 amide bonds. The van der Waals surface area contributed by atoms with Gasteiger partial charge in [0, 0.05) is 18.7 Å². The summed E-state index contributed by atoms with van der Waals surface area (Å²) in [6.07, 6.45) is 1.99. The molecular formula is C25H25ClFN9O3. The zero-order chi connectivity index (χ0) is 27.7. The molecule has 6 N–H and O–H groups in total. The van der Waals surface area contributed by atoms with Crippen LogP contribution in [-0.4, -0.2) is 50.7 Å². The molecule has 0 unspecified atom stereocenters. The van der Waals surface area contributed by atoms with Gasteiger partial charge in [-0.15, -0.1) is 0 Å². The number of nitrogens with two attached hydrogens (primary N) is 1. The van der Waals surface area contributed by atoms with Crippen molar-refractivity contribution in [3.05, 3.63) is 58.6 Å². The summed E-state index contributed by atoms with van der Waals surface area (Å²) in [5, 5.41) is 15.8. The zero-order valence-electron chi connectivity index (χ0n) is 21.0. The lowest BCUT2D eigenvalue weighted by Gasteiger charge is -2.18. The van der Waals surface area contributed by atoms with Crippen molar-refractivity contribution in [1.29, 1.82) is 0 Å². The molecule has 12 nitrogen and oxygen atoms in total. The van der Waals surface area contributed by atoms with Gasteiger partial charge in [0.25, 0.3) is 5.91 Å². The fourth-order valence-corrected chi connectivity index (χ4v) is 4.36. The Hall–Kier alpha value is -4.65. The molecule has 4 heterocycles. The number of hydrogen-bond donors (Lipinski definition) is 5. The number of nitrogen functional groups attached to an aromatic ring is 1. The van der Waals surface area contributed by atoms with E-state index >= 15 is 0 Å². The summed E-state index contributed by atoms with van der Waals surface area (Å²) in [5.41, 5.74) is 8.83. The molecule has 4 aromatic rings. The van der Waals surface area contributed by atoms with Crippen LogP contribution in [-0.2, 0) is 6.54 Å². The number of fused-ring (bicyclic) bond motifs is 2. The Balaban J connectivity index is 1.63. The van der Waals surface area contributed by atoms with Crippen LogP contribution in [0.1, 0.15) is 29.8 Å². The number of urea groups is 1. The number of aromatic nitrogens is 4. The van der Waals surface area contributed by atoms with E-state index in [1.165, 1.54) is 16.8 Å². The van der Waals surface area contributed by atoms with Crippen molar-refractivity contribution in [1.82, 2.24) is 30.2 Å². The first-order valence-electron chi connectivity index (χ1n) is 12.1. The van der Waals surface area contributed by atoms with Crippen LogP contribution in [0, 0.1) is 5.82 Å². The number of carbonyl (C=O) groups is 2. The minimum absolute atomic E-state index is 0.0812. The summed E-state index contributed by atoms with van der Waals surface area (Å²) < 4.78 is 21.4. The van der Waals surface area contributed by atoms with Gasteiger partial charge >= 0.3 is 6.03 Å². The van der Waals surface area contributed by atoms with Gasteiger partial charge in [0.2, 0.25) is 5.88 Å². The summed E-state index contributed by atoms with van der Waals surface area (Å²) in [4.78, 5) is 33.7. The van der Waals surface area contributed by atoms with Crippen LogP contribution in [0.25, 0.3) is 16.8 Å². The van der Waals surface area contributed by atoms with Gasteiger partial charge in [0.05, 0.1) is 35.2 Å². The number of amides is 3. The Labute approximate surface area is 227 Å². The van der Waals surface area contributed by atoms with E-state index < -0.39 is 23.9 Å². The third-order valence-electron chi connectivity index (χ3n) is 5.97. The highest BCUT2D eigenvalue weighted by Crippen LogP contribution is 2.37. The molecule has 39 heavy (non-hydrogen) atoms. The van der Waals surface area contributed by atoms with Crippen molar-refractivity contribution >= 4 is 46.5 Å². The number of anilines is 3. The number of benzene rings is 1. The van der Waals surface area contributed by atoms with E-state index in [1.54, 1.807) is 32.0 Å². The first-order valence-corrected chi connectivity index (χ1v) is 12.5. The average molecular weight is 554 g/mol. The van der Waals surface area contributed by atoms with Gasteiger partial charge in [0.15, 0.2) is 5.65 Å². The second kappa shape index (κ2) is 10.6. The number of nitrogens with one attached hydrogen (secondary N) is 4. The Morgan fingerprint density at radius 3 is 2.90 bits per heavy atom. The second-order valence-electron chi connectivity index (χ2n) is 8.80. The molecule has 1 aliphatic rings. The molecule has 1 aromatic carbocycles. The van der Waals surface area contributed by atoms with Crippen molar-refractivity contribution < 1.29 is 18.7 Å². The molecule has 0 radical (unpaired) electrons. The lowest BCUT2D eigenvalue weighted by molar-refractivity contribution is 0.0932. The minimum Gasteiger partial charge on any atom is -0.473 e. The Morgan fingerprint density at radius 1 is 1.31 bits per heavy atom. The van der Waals surface area contributed by atoms with E-state index in [0.29, 0.717) is 28.9 Å². The van der Waals surface area contributed by atoms with Crippen LogP contribution in [0.5, 0.6) is 5.88 Å². The summed E-state index contributed by atoms with van der Waals surface area (Å²) in [7, 11) is 0. The highest BCUT2D eigenvalue weighted by atomic mass is 35.5. The molecular weight excluding hydrogens is 529 g/mol.